The van der Waals surface area contributed by atoms with Gasteiger partial charge in [0.1, 0.15) is 5.75 Å². The molecule has 2 amide bonds. The zero-order valence-corrected chi connectivity index (χ0v) is 16.5. The smallest absolute Gasteiger partial charge is 0.254 e. The van der Waals surface area contributed by atoms with Crippen molar-refractivity contribution < 1.29 is 14.3 Å². The zero-order valence-electron chi connectivity index (χ0n) is 16.5. The molecule has 0 unspecified atom stereocenters. The summed E-state index contributed by atoms with van der Waals surface area (Å²) in [6.07, 6.45) is 0. The Morgan fingerprint density at radius 3 is 2.39 bits per heavy atom. The molecule has 148 valence electrons. The molecular formula is C22H27N3O3. The maximum atomic E-state index is 12.8. The number of piperazine rings is 1. The van der Waals surface area contributed by atoms with Crippen molar-refractivity contribution >= 4 is 17.5 Å². The van der Waals surface area contributed by atoms with Gasteiger partial charge in [0.15, 0.2) is 0 Å². The molecule has 0 saturated carbocycles. The van der Waals surface area contributed by atoms with Crippen molar-refractivity contribution in [1.29, 1.82) is 0 Å². The number of benzene rings is 2. The minimum Gasteiger partial charge on any atom is -0.494 e. The zero-order chi connectivity index (χ0) is 19.9. The summed E-state index contributed by atoms with van der Waals surface area (Å²) in [7, 11) is 0. The number of nitrogens with one attached hydrogen (secondary N) is 1. The van der Waals surface area contributed by atoms with Crippen LogP contribution in [0.15, 0.2) is 48.5 Å². The molecule has 1 aliphatic heterocycles. The average Bonchev–Trinajstić information content (AvgIpc) is 2.69. The van der Waals surface area contributed by atoms with Crippen LogP contribution in [0.4, 0.5) is 5.69 Å². The number of amides is 2. The summed E-state index contributed by atoms with van der Waals surface area (Å²) in [5, 5.41) is 2.72. The van der Waals surface area contributed by atoms with Crippen molar-refractivity contribution in [2.45, 2.75) is 20.4 Å². The maximum absolute atomic E-state index is 12.8. The molecule has 1 fully saturated rings. The largest absolute Gasteiger partial charge is 0.494 e. The minimum absolute atomic E-state index is 0.00733. The van der Waals surface area contributed by atoms with Gasteiger partial charge < -0.3 is 15.0 Å². The van der Waals surface area contributed by atoms with E-state index >= 15 is 0 Å². The van der Waals surface area contributed by atoms with Crippen molar-refractivity contribution in [3.63, 3.8) is 0 Å². The Balaban J connectivity index is 1.53. The Morgan fingerprint density at radius 1 is 1.04 bits per heavy atom. The molecule has 0 bridgehead atoms. The Bertz CT molecular complexity index is 812. The van der Waals surface area contributed by atoms with E-state index < -0.39 is 0 Å². The third-order valence-corrected chi connectivity index (χ3v) is 4.73. The highest BCUT2D eigenvalue weighted by Gasteiger charge is 2.22. The number of nitrogens with zero attached hydrogens (tertiary/aromatic N) is 2. The van der Waals surface area contributed by atoms with Gasteiger partial charge in [-0.1, -0.05) is 18.2 Å². The quantitative estimate of drug-likeness (QED) is 0.836. The third-order valence-electron chi connectivity index (χ3n) is 4.73. The van der Waals surface area contributed by atoms with Gasteiger partial charge in [0.25, 0.3) is 5.91 Å². The Kier molecular flexibility index (Phi) is 6.66. The lowest BCUT2D eigenvalue weighted by Gasteiger charge is -2.34. The molecular weight excluding hydrogens is 354 g/mol. The molecule has 1 saturated heterocycles. The van der Waals surface area contributed by atoms with E-state index in [2.05, 4.69) is 22.3 Å². The van der Waals surface area contributed by atoms with Crippen LogP contribution in [0.2, 0.25) is 0 Å². The van der Waals surface area contributed by atoms with E-state index in [9.17, 15) is 9.59 Å². The summed E-state index contributed by atoms with van der Waals surface area (Å²) in [6, 6.07) is 15.3. The van der Waals surface area contributed by atoms with Gasteiger partial charge in [-0.15, -0.1) is 0 Å². The topological polar surface area (TPSA) is 61.9 Å². The van der Waals surface area contributed by atoms with Crippen molar-refractivity contribution in [1.82, 2.24) is 9.80 Å². The highest BCUT2D eigenvalue weighted by atomic mass is 16.5. The van der Waals surface area contributed by atoms with E-state index in [1.54, 1.807) is 24.3 Å². The molecule has 0 spiro atoms. The molecule has 28 heavy (non-hydrogen) atoms. The standard InChI is InChI=1S/C22H27N3O3/c1-3-28-21-9-7-18(8-10-21)16-24-11-13-25(14-12-24)22(27)19-5-4-6-20(15-19)23-17(2)26/h4-10,15H,3,11-14,16H2,1-2H3,(H,23,26). The van der Waals surface area contributed by atoms with E-state index in [0.717, 1.165) is 25.4 Å². The first kappa shape index (κ1) is 19.9. The molecule has 0 radical (unpaired) electrons. The number of anilines is 1. The van der Waals surface area contributed by atoms with E-state index in [-0.39, 0.29) is 11.8 Å². The monoisotopic (exact) mass is 381 g/mol. The molecule has 1 N–H and O–H groups in total. The summed E-state index contributed by atoms with van der Waals surface area (Å²) in [5.74, 6) is 0.753. The van der Waals surface area contributed by atoms with Gasteiger partial charge in [-0.2, -0.15) is 0 Å². The molecule has 3 rings (SSSR count). The van der Waals surface area contributed by atoms with Crippen molar-refractivity contribution in [3.8, 4) is 5.75 Å². The van der Waals surface area contributed by atoms with Gasteiger partial charge in [-0.3, -0.25) is 14.5 Å². The number of carbonyl (C=O) groups is 2. The molecule has 0 aliphatic carbocycles. The summed E-state index contributed by atoms with van der Waals surface area (Å²) < 4.78 is 5.48. The molecule has 1 aliphatic rings. The second-order valence-electron chi connectivity index (χ2n) is 6.91. The number of rotatable bonds is 6. The number of hydrogen-bond donors (Lipinski definition) is 1. The van der Waals surface area contributed by atoms with Gasteiger partial charge in [0.05, 0.1) is 6.61 Å². The molecule has 1 heterocycles. The number of ether oxygens (including phenoxy) is 1. The van der Waals surface area contributed by atoms with Crippen molar-refractivity contribution in [2.75, 3.05) is 38.1 Å². The normalized spacial score (nSPS) is 14.6. The first-order valence-corrected chi connectivity index (χ1v) is 9.66. The first-order valence-electron chi connectivity index (χ1n) is 9.66. The van der Waals surface area contributed by atoms with E-state index in [0.29, 0.717) is 30.9 Å². The molecule has 2 aromatic rings. The van der Waals surface area contributed by atoms with Gasteiger partial charge in [-0.05, 0) is 42.8 Å². The highest BCUT2D eigenvalue weighted by molar-refractivity contribution is 5.96. The van der Waals surface area contributed by atoms with E-state index in [1.807, 2.05) is 24.0 Å². The van der Waals surface area contributed by atoms with Crippen LogP contribution in [-0.2, 0) is 11.3 Å². The Hall–Kier alpha value is -2.86. The minimum atomic E-state index is -0.146. The van der Waals surface area contributed by atoms with Crippen LogP contribution in [-0.4, -0.2) is 54.4 Å². The van der Waals surface area contributed by atoms with Gasteiger partial charge in [-0.25, -0.2) is 0 Å². The molecule has 2 aromatic carbocycles. The first-order chi connectivity index (χ1) is 13.5. The summed E-state index contributed by atoms with van der Waals surface area (Å²) in [4.78, 5) is 28.2. The van der Waals surface area contributed by atoms with Crippen LogP contribution >= 0.6 is 0 Å². The van der Waals surface area contributed by atoms with E-state index in [1.165, 1.54) is 12.5 Å². The van der Waals surface area contributed by atoms with Crippen LogP contribution in [0.5, 0.6) is 5.75 Å². The Morgan fingerprint density at radius 2 is 1.75 bits per heavy atom. The fourth-order valence-electron chi connectivity index (χ4n) is 3.34. The van der Waals surface area contributed by atoms with Crippen LogP contribution in [0, 0.1) is 0 Å². The predicted octanol–water partition coefficient (Wildman–Crippen LogP) is 3.00. The molecule has 0 atom stereocenters. The average molecular weight is 381 g/mol. The lowest BCUT2D eigenvalue weighted by Crippen LogP contribution is -2.48. The van der Waals surface area contributed by atoms with Crippen molar-refractivity contribution in [2.24, 2.45) is 0 Å². The van der Waals surface area contributed by atoms with Crippen LogP contribution < -0.4 is 10.1 Å². The fourth-order valence-corrected chi connectivity index (χ4v) is 3.34. The van der Waals surface area contributed by atoms with Crippen LogP contribution in [0.25, 0.3) is 0 Å². The summed E-state index contributed by atoms with van der Waals surface area (Å²) >= 11 is 0. The molecule has 6 heteroatoms. The van der Waals surface area contributed by atoms with Crippen LogP contribution in [0.1, 0.15) is 29.8 Å². The predicted molar refractivity (Wildman–Crippen MR) is 110 cm³/mol. The highest BCUT2D eigenvalue weighted by Crippen LogP contribution is 2.17. The number of hydrogen-bond acceptors (Lipinski definition) is 4. The second-order valence-corrected chi connectivity index (χ2v) is 6.91. The third kappa shape index (κ3) is 5.33. The van der Waals surface area contributed by atoms with Gasteiger partial charge in [0, 0.05) is 50.9 Å². The lowest BCUT2D eigenvalue weighted by atomic mass is 10.1. The molecule has 0 aromatic heterocycles. The van der Waals surface area contributed by atoms with Crippen LogP contribution in [0.3, 0.4) is 0 Å². The van der Waals surface area contributed by atoms with Gasteiger partial charge >= 0.3 is 0 Å². The second kappa shape index (κ2) is 9.37. The SMILES string of the molecule is CCOc1ccc(CN2CCN(C(=O)c3cccc(NC(C)=O)c3)CC2)cc1. The number of carbonyl (C=O) groups excluding carboxylic acids is 2. The lowest BCUT2D eigenvalue weighted by molar-refractivity contribution is -0.114. The summed E-state index contributed by atoms with van der Waals surface area (Å²) in [5.41, 5.74) is 2.49. The van der Waals surface area contributed by atoms with Crippen molar-refractivity contribution in [3.05, 3.63) is 59.7 Å². The van der Waals surface area contributed by atoms with Gasteiger partial charge in [0.2, 0.25) is 5.91 Å². The Labute approximate surface area is 166 Å². The molecule has 6 nitrogen and oxygen atoms in total. The summed E-state index contributed by atoms with van der Waals surface area (Å²) in [6.45, 7) is 8.04. The maximum Gasteiger partial charge on any atom is 0.254 e. The van der Waals surface area contributed by atoms with E-state index in [4.69, 9.17) is 4.74 Å². The fraction of sp³-hybridized carbons (Fsp3) is 0.364.